The summed E-state index contributed by atoms with van der Waals surface area (Å²) in [5.41, 5.74) is 7.58. The van der Waals surface area contributed by atoms with Crippen molar-refractivity contribution in [2.24, 2.45) is 0 Å². The van der Waals surface area contributed by atoms with Gasteiger partial charge in [-0.3, -0.25) is 9.67 Å². The van der Waals surface area contributed by atoms with Crippen molar-refractivity contribution in [3.8, 4) is 11.1 Å². The van der Waals surface area contributed by atoms with Gasteiger partial charge in [0, 0.05) is 35.4 Å². The molecule has 4 rings (SSSR count). The summed E-state index contributed by atoms with van der Waals surface area (Å²) in [6.45, 7) is 8.23. The molecule has 1 N–H and O–H groups in total. The molecule has 0 unspecified atom stereocenters. The minimum Gasteiger partial charge on any atom is -0.387 e. The monoisotopic (exact) mass is 400 g/mol. The number of benzene rings is 1. The highest BCUT2D eigenvalue weighted by atomic mass is 15.3. The Morgan fingerprint density at radius 3 is 2.77 bits per heavy atom. The lowest BCUT2D eigenvalue weighted by Gasteiger charge is -2.18. The van der Waals surface area contributed by atoms with Crippen LogP contribution in [0.1, 0.15) is 56.0 Å². The third-order valence-electron chi connectivity index (χ3n) is 5.80. The molecule has 0 bridgehead atoms. The van der Waals surface area contributed by atoms with Crippen molar-refractivity contribution in [2.45, 2.75) is 64.5 Å². The first-order valence-corrected chi connectivity index (χ1v) is 11.1. The van der Waals surface area contributed by atoms with E-state index in [0.717, 1.165) is 37.1 Å². The highest BCUT2D eigenvalue weighted by Crippen LogP contribution is 2.36. The predicted octanol–water partition coefficient (Wildman–Crippen LogP) is 5.51. The molecule has 0 spiro atoms. The van der Waals surface area contributed by atoms with Crippen LogP contribution in [0.15, 0.2) is 67.3 Å². The number of rotatable bonds is 10. The van der Waals surface area contributed by atoms with Gasteiger partial charge in [0.2, 0.25) is 0 Å². The van der Waals surface area contributed by atoms with Crippen LogP contribution < -0.4 is 5.32 Å². The van der Waals surface area contributed by atoms with E-state index in [2.05, 4.69) is 70.1 Å². The van der Waals surface area contributed by atoms with Gasteiger partial charge in [-0.1, -0.05) is 30.8 Å². The number of nitrogens with zero attached hydrogens (tertiary/aromatic N) is 3. The van der Waals surface area contributed by atoms with Crippen molar-refractivity contribution >= 4 is 0 Å². The van der Waals surface area contributed by atoms with Crippen molar-refractivity contribution < 1.29 is 0 Å². The number of hydrogen-bond acceptors (Lipinski definition) is 3. The van der Waals surface area contributed by atoms with Gasteiger partial charge in [-0.25, -0.2) is 0 Å². The minimum absolute atomic E-state index is 0.410. The Morgan fingerprint density at radius 2 is 2.03 bits per heavy atom. The second-order valence-corrected chi connectivity index (χ2v) is 8.57. The van der Waals surface area contributed by atoms with Crippen LogP contribution in [0.4, 0.5) is 0 Å². The number of hydrogen-bond donors (Lipinski definition) is 1. The van der Waals surface area contributed by atoms with Crippen LogP contribution in [0.25, 0.3) is 11.1 Å². The lowest BCUT2D eigenvalue weighted by molar-refractivity contribution is 0.567. The summed E-state index contributed by atoms with van der Waals surface area (Å²) in [7, 11) is 0. The van der Waals surface area contributed by atoms with Crippen molar-refractivity contribution in [3.63, 3.8) is 0 Å². The van der Waals surface area contributed by atoms with E-state index in [1.165, 1.54) is 35.1 Å². The Hall–Kier alpha value is -2.88. The molecule has 156 valence electrons. The SMILES string of the molecule is C=C(C)N[C@@H](C)CCc1cccc(-c2cnn(C3CC3)c2)c1CCc1ccccn1. The standard InChI is InChI=1S/C26H32N4/c1-19(2)29-20(3)10-11-21-7-6-9-25(22-17-28-30(18-22)24-13-14-24)26(21)15-12-23-8-4-5-16-27-23/h4-9,16-18,20,24,29H,1,10-15H2,2-3H3/t20-/m0/s1. The van der Waals surface area contributed by atoms with Gasteiger partial charge in [-0.15, -0.1) is 0 Å². The maximum absolute atomic E-state index is 4.64. The highest BCUT2D eigenvalue weighted by molar-refractivity contribution is 5.68. The van der Waals surface area contributed by atoms with Crippen molar-refractivity contribution in [1.29, 1.82) is 0 Å². The van der Waals surface area contributed by atoms with Gasteiger partial charge in [0.05, 0.1) is 12.2 Å². The third-order valence-corrected chi connectivity index (χ3v) is 5.80. The summed E-state index contributed by atoms with van der Waals surface area (Å²) in [5, 5.41) is 8.08. The molecule has 1 aliphatic rings. The molecule has 3 aromatic rings. The van der Waals surface area contributed by atoms with E-state index in [-0.39, 0.29) is 0 Å². The fraction of sp³-hybridized carbons (Fsp3) is 0.385. The highest BCUT2D eigenvalue weighted by Gasteiger charge is 2.24. The molecule has 4 heteroatoms. The normalized spacial score (nSPS) is 14.5. The average Bonchev–Trinajstić information content (AvgIpc) is 3.48. The lowest BCUT2D eigenvalue weighted by Crippen LogP contribution is -2.24. The van der Waals surface area contributed by atoms with Gasteiger partial charge in [-0.2, -0.15) is 5.10 Å². The molecule has 0 radical (unpaired) electrons. The smallest absolute Gasteiger partial charge is 0.0568 e. The van der Waals surface area contributed by atoms with E-state index in [1.807, 2.05) is 25.4 Å². The third kappa shape index (κ3) is 5.18. The molecule has 1 atom stereocenters. The summed E-state index contributed by atoms with van der Waals surface area (Å²) < 4.78 is 2.14. The second kappa shape index (κ2) is 9.29. The molecule has 1 aliphatic carbocycles. The fourth-order valence-electron chi connectivity index (χ4n) is 4.11. The summed E-state index contributed by atoms with van der Waals surface area (Å²) in [4.78, 5) is 4.53. The van der Waals surface area contributed by atoms with Crippen LogP contribution in [0.3, 0.4) is 0 Å². The Morgan fingerprint density at radius 1 is 1.17 bits per heavy atom. The van der Waals surface area contributed by atoms with Gasteiger partial charge in [0.25, 0.3) is 0 Å². The molecule has 2 aromatic heterocycles. The zero-order chi connectivity index (χ0) is 20.9. The predicted molar refractivity (Wildman–Crippen MR) is 123 cm³/mol. The largest absolute Gasteiger partial charge is 0.387 e. The first kappa shape index (κ1) is 20.4. The van der Waals surface area contributed by atoms with Crippen LogP contribution in [0.5, 0.6) is 0 Å². The van der Waals surface area contributed by atoms with Gasteiger partial charge >= 0.3 is 0 Å². The van der Waals surface area contributed by atoms with Gasteiger partial charge in [-0.05, 0) is 81.2 Å². The molecule has 0 saturated heterocycles. The number of aromatic nitrogens is 3. The van der Waals surface area contributed by atoms with Gasteiger partial charge in [0.1, 0.15) is 0 Å². The first-order valence-electron chi connectivity index (χ1n) is 11.1. The maximum Gasteiger partial charge on any atom is 0.0568 e. The van der Waals surface area contributed by atoms with E-state index in [9.17, 15) is 0 Å². The van der Waals surface area contributed by atoms with Crippen LogP contribution >= 0.6 is 0 Å². The van der Waals surface area contributed by atoms with E-state index < -0.39 is 0 Å². The molecule has 1 saturated carbocycles. The van der Waals surface area contributed by atoms with E-state index in [0.29, 0.717) is 12.1 Å². The van der Waals surface area contributed by atoms with Crippen LogP contribution in [-0.2, 0) is 19.3 Å². The van der Waals surface area contributed by atoms with E-state index in [1.54, 1.807) is 0 Å². The number of allylic oxidation sites excluding steroid dienone is 1. The molecule has 0 aliphatic heterocycles. The molecule has 1 fully saturated rings. The molecule has 2 heterocycles. The molecule has 1 aromatic carbocycles. The van der Waals surface area contributed by atoms with Crippen molar-refractivity contribution in [2.75, 3.05) is 0 Å². The molecule has 0 amide bonds. The quantitative estimate of drug-likeness (QED) is 0.488. The Balaban J connectivity index is 1.59. The first-order chi connectivity index (χ1) is 14.6. The summed E-state index contributed by atoms with van der Waals surface area (Å²) in [6, 6.07) is 13.9. The average molecular weight is 401 g/mol. The molecule has 4 nitrogen and oxygen atoms in total. The summed E-state index contributed by atoms with van der Waals surface area (Å²) in [5.74, 6) is 0. The van der Waals surface area contributed by atoms with Gasteiger partial charge in [0.15, 0.2) is 0 Å². The minimum atomic E-state index is 0.410. The zero-order valence-corrected chi connectivity index (χ0v) is 18.1. The van der Waals surface area contributed by atoms with E-state index >= 15 is 0 Å². The summed E-state index contributed by atoms with van der Waals surface area (Å²) in [6.07, 6.45) is 12.7. The van der Waals surface area contributed by atoms with E-state index in [4.69, 9.17) is 0 Å². The lowest BCUT2D eigenvalue weighted by atomic mass is 9.90. The van der Waals surface area contributed by atoms with Crippen LogP contribution in [-0.4, -0.2) is 20.8 Å². The number of pyridine rings is 1. The molecular formula is C26H32N4. The van der Waals surface area contributed by atoms with Crippen molar-refractivity contribution in [3.05, 3.63) is 84.1 Å². The Labute approximate surface area is 180 Å². The maximum atomic E-state index is 4.64. The number of aryl methyl sites for hydroxylation is 2. The topological polar surface area (TPSA) is 42.7 Å². The Kier molecular flexibility index (Phi) is 6.32. The molecule has 30 heavy (non-hydrogen) atoms. The zero-order valence-electron chi connectivity index (χ0n) is 18.1. The van der Waals surface area contributed by atoms with Crippen molar-refractivity contribution in [1.82, 2.24) is 20.1 Å². The fourth-order valence-corrected chi connectivity index (χ4v) is 4.11. The van der Waals surface area contributed by atoms with Crippen LogP contribution in [0.2, 0.25) is 0 Å². The molecular weight excluding hydrogens is 368 g/mol. The Bertz CT molecular complexity index is 985. The van der Waals surface area contributed by atoms with Crippen LogP contribution in [0, 0.1) is 0 Å². The number of nitrogens with one attached hydrogen (secondary N) is 1. The summed E-state index contributed by atoms with van der Waals surface area (Å²) >= 11 is 0. The van der Waals surface area contributed by atoms with Gasteiger partial charge < -0.3 is 5.32 Å². The second-order valence-electron chi connectivity index (χ2n) is 8.57.